The molecule has 0 atom stereocenters. The van der Waals surface area contributed by atoms with Gasteiger partial charge in [0.2, 0.25) is 0 Å². The first-order valence-electron chi connectivity index (χ1n) is 6.01. The fourth-order valence-corrected chi connectivity index (χ4v) is 1.94. The summed E-state index contributed by atoms with van der Waals surface area (Å²) in [6, 6.07) is 8.00. The van der Waals surface area contributed by atoms with Crippen LogP contribution in [0, 0.1) is 5.92 Å². The number of para-hydroxylation sites is 1. The van der Waals surface area contributed by atoms with E-state index in [9.17, 15) is 4.79 Å². The molecule has 1 aliphatic heterocycles. The number of nitrogens with zero attached hydrogens (tertiary/aromatic N) is 1. The standard InChI is InChI=1S/C14H18N2O/c1-11(2)7-9-15-14(17)16-10-8-12-5-3-4-6-13(12)16/h3-7,9,11H,8,10H2,1-2H3,(H,15,17)/b9-7+. The third kappa shape index (κ3) is 2.67. The maximum absolute atomic E-state index is 12.0. The monoisotopic (exact) mass is 230 g/mol. The van der Waals surface area contributed by atoms with Crippen molar-refractivity contribution in [3.63, 3.8) is 0 Å². The first kappa shape index (κ1) is 11.7. The number of rotatable bonds is 2. The van der Waals surface area contributed by atoms with Crippen LogP contribution in [-0.4, -0.2) is 12.6 Å². The molecule has 1 heterocycles. The maximum atomic E-state index is 12.0. The van der Waals surface area contributed by atoms with Crippen molar-refractivity contribution in [1.29, 1.82) is 0 Å². The molecule has 1 aliphatic rings. The Morgan fingerprint density at radius 2 is 2.18 bits per heavy atom. The summed E-state index contributed by atoms with van der Waals surface area (Å²) in [4.78, 5) is 13.7. The van der Waals surface area contributed by atoms with Crippen LogP contribution in [0.2, 0.25) is 0 Å². The fraction of sp³-hybridized carbons (Fsp3) is 0.357. The van der Waals surface area contributed by atoms with Crippen molar-refractivity contribution in [3.05, 3.63) is 42.1 Å². The minimum absolute atomic E-state index is 0.0492. The first-order valence-corrected chi connectivity index (χ1v) is 6.01. The Morgan fingerprint density at radius 1 is 1.41 bits per heavy atom. The molecule has 0 bridgehead atoms. The van der Waals surface area contributed by atoms with Crippen LogP contribution in [-0.2, 0) is 6.42 Å². The average Bonchev–Trinajstić information content (AvgIpc) is 2.72. The Hall–Kier alpha value is -1.77. The molecule has 2 rings (SSSR count). The summed E-state index contributed by atoms with van der Waals surface area (Å²) >= 11 is 0. The Bertz CT molecular complexity index is 438. The number of anilines is 1. The number of benzene rings is 1. The SMILES string of the molecule is CC(C)/C=C/NC(=O)N1CCc2ccccc21. The number of nitrogens with one attached hydrogen (secondary N) is 1. The van der Waals surface area contributed by atoms with E-state index in [1.807, 2.05) is 24.3 Å². The second-order valence-electron chi connectivity index (χ2n) is 4.58. The number of hydrogen-bond acceptors (Lipinski definition) is 1. The molecular weight excluding hydrogens is 212 g/mol. The van der Waals surface area contributed by atoms with Crippen LogP contribution in [0.5, 0.6) is 0 Å². The largest absolute Gasteiger partial charge is 0.325 e. The van der Waals surface area contributed by atoms with Crippen molar-refractivity contribution in [2.45, 2.75) is 20.3 Å². The summed E-state index contributed by atoms with van der Waals surface area (Å²) in [5, 5.41) is 2.80. The molecule has 3 heteroatoms. The van der Waals surface area contributed by atoms with Gasteiger partial charge in [-0.25, -0.2) is 4.79 Å². The lowest BCUT2D eigenvalue weighted by molar-refractivity contribution is 0.250. The Kier molecular flexibility index (Phi) is 3.47. The first-order chi connectivity index (χ1) is 8.18. The Labute approximate surface area is 102 Å². The molecule has 17 heavy (non-hydrogen) atoms. The second kappa shape index (κ2) is 5.04. The zero-order chi connectivity index (χ0) is 12.3. The van der Waals surface area contributed by atoms with E-state index in [0.29, 0.717) is 5.92 Å². The van der Waals surface area contributed by atoms with Crippen molar-refractivity contribution in [2.24, 2.45) is 5.92 Å². The van der Waals surface area contributed by atoms with E-state index in [2.05, 4.69) is 25.2 Å². The van der Waals surface area contributed by atoms with Gasteiger partial charge in [0.25, 0.3) is 0 Å². The maximum Gasteiger partial charge on any atom is 0.325 e. The number of carbonyl (C=O) groups is 1. The van der Waals surface area contributed by atoms with Gasteiger partial charge in [0.15, 0.2) is 0 Å². The van der Waals surface area contributed by atoms with E-state index in [1.54, 1.807) is 11.1 Å². The van der Waals surface area contributed by atoms with E-state index in [0.717, 1.165) is 18.7 Å². The minimum atomic E-state index is -0.0492. The number of allylic oxidation sites excluding steroid dienone is 1. The van der Waals surface area contributed by atoms with Gasteiger partial charge in [0, 0.05) is 18.4 Å². The predicted molar refractivity (Wildman–Crippen MR) is 70.0 cm³/mol. The molecule has 0 aromatic heterocycles. The highest BCUT2D eigenvalue weighted by molar-refractivity contribution is 5.94. The van der Waals surface area contributed by atoms with Crippen molar-refractivity contribution >= 4 is 11.7 Å². The quantitative estimate of drug-likeness (QED) is 0.832. The Morgan fingerprint density at radius 3 is 2.94 bits per heavy atom. The van der Waals surface area contributed by atoms with Crippen molar-refractivity contribution in [3.8, 4) is 0 Å². The van der Waals surface area contributed by atoms with E-state index >= 15 is 0 Å². The summed E-state index contributed by atoms with van der Waals surface area (Å²) in [7, 11) is 0. The highest BCUT2D eigenvalue weighted by Gasteiger charge is 2.23. The lowest BCUT2D eigenvalue weighted by Crippen LogP contribution is -2.36. The van der Waals surface area contributed by atoms with Gasteiger partial charge in [-0.05, 0) is 24.0 Å². The van der Waals surface area contributed by atoms with Crippen LogP contribution in [0.15, 0.2) is 36.5 Å². The number of fused-ring (bicyclic) bond motifs is 1. The van der Waals surface area contributed by atoms with Crippen molar-refractivity contribution < 1.29 is 4.79 Å². The van der Waals surface area contributed by atoms with Crippen LogP contribution < -0.4 is 10.2 Å². The van der Waals surface area contributed by atoms with Crippen molar-refractivity contribution in [1.82, 2.24) is 5.32 Å². The second-order valence-corrected chi connectivity index (χ2v) is 4.58. The van der Waals surface area contributed by atoms with Crippen LogP contribution in [0.1, 0.15) is 19.4 Å². The zero-order valence-corrected chi connectivity index (χ0v) is 10.3. The number of hydrogen-bond donors (Lipinski definition) is 1. The van der Waals surface area contributed by atoms with Crippen LogP contribution in [0.25, 0.3) is 0 Å². The highest BCUT2D eigenvalue weighted by Crippen LogP contribution is 2.27. The third-order valence-electron chi connectivity index (χ3n) is 2.82. The van der Waals surface area contributed by atoms with Gasteiger partial charge < -0.3 is 5.32 Å². The zero-order valence-electron chi connectivity index (χ0n) is 10.3. The van der Waals surface area contributed by atoms with Gasteiger partial charge >= 0.3 is 6.03 Å². The van der Waals surface area contributed by atoms with E-state index in [4.69, 9.17) is 0 Å². The van der Waals surface area contributed by atoms with Crippen LogP contribution in [0.4, 0.5) is 10.5 Å². The molecule has 3 nitrogen and oxygen atoms in total. The molecule has 0 saturated heterocycles. The molecule has 0 saturated carbocycles. The number of amides is 2. The number of carbonyl (C=O) groups excluding carboxylic acids is 1. The molecule has 0 spiro atoms. The Balaban J connectivity index is 2.03. The molecule has 0 fully saturated rings. The molecule has 1 N–H and O–H groups in total. The van der Waals surface area contributed by atoms with E-state index in [1.165, 1.54) is 5.56 Å². The van der Waals surface area contributed by atoms with Gasteiger partial charge in [-0.15, -0.1) is 0 Å². The topological polar surface area (TPSA) is 32.3 Å². The molecule has 1 aromatic rings. The lowest BCUT2D eigenvalue weighted by atomic mass is 10.2. The summed E-state index contributed by atoms with van der Waals surface area (Å²) in [6.45, 7) is 4.92. The predicted octanol–water partition coefficient (Wildman–Crippen LogP) is 2.93. The fourth-order valence-electron chi connectivity index (χ4n) is 1.94. The van der Waals surface area contributed by atoms with Crippen LogP contribution in [0.3, 0.4) is 0 Å². The summed E-state index contributed by atoms with van der Waals surface area (Å²) in [5.74, 6) is 0.446. The molecule has 90 valence electrons. The van der Waals surface area contributed by atoms with Gasteiger partial charge in [0.1, 0.15) is 0 Å². The summed E-state index contributed by atoms with van der Waals surface area (Å²) < 4.78 is 0. The highest BCUT2D eigenvalue weighted by atomic mass is 16.2. The molecule has 0 unspecified atom stereocenters. The summed E-state index contributed by atoms with van der Waals surface area (Å²) in [5.41, 5.74) is 2.28. The van der Waals surface area contributed by atoms with Gasteiger partial charge in [-0.1, -0.05) is 38.1 Å². The summed E-state index contributed by atoms with van der Waals surface area (Å²) in [6.07, 6.45) is 4.64. The molecule has 2 amide bonds. The van der Waals surface area contributed by atoms with Crippen LogP contribution >= 0.6 is 0 Å². The third-order valence-corrected chi connectivity index (χ3v) is 2.82. The van der Waals surface area contributed by atoms with Gasteiger partial charge in [-0.3, -0.25) is 4.90 Å². The number of urea groups is 1. The minimum Gasteiger partial charge on any atom is -0.315 e. The lowest BCUT2D eigenvalue weighted by Gasteiger charge is -2.16. The van der Waals surface area contributed by atoms with Crippen molar-refractivity contribution in [2.75, 3.05) is 11.4 Å². The normalized spacial score (nSPS) is 14.4. The van der Waals surface area contributed by atoms with E-state index < -0.39 is 0 Å². The van der Waals surface area contributed by atoms with Gasteiger partial charge in [-0.2, -0.15) is 0 Å². The molecular formula is C14H18N2O. The smallest absolute Gasteiger partial charge is 0.315 e. The molecule has 0 radical (unpaired) electrons. The van der Waals surface area contributed by atoms with Gasteiger partial charge in [0.05, 0.1) is 0 Å². The average molecular weight is 230 g/mol. The molecule has 0 aliphatic carbocycles. The molecule has 1 aromatic carbocycles. The van der Waals surface area contributed by atoms with E-state index in [-0.39, 0.29) is 6.03 Å².